The molecule has 0 aliphatic heterocycles. The average molecular weight is 128 g/mol. The van der Waals surface area contributed by atoms with Crippen molar-refractivity contribution in [2.75, 3.05) is 0 Å². The van der Waals surface area contributed by atoms with Crippen molar-refractivity contribution < 1.29 is 0 Å². The van der Waals surface area contributed by atoms with Crippen molar-refractivity contribution in [2.45, 2.75) is 47.0 Å². The largest absolute Gasteiger partial charge is 0.0776 e. The fourth-order valence-corrected chi connectivity index (χ4v) is 1.50. The Morgan fingerprint density at radius 3 is 1.44 bits per heavy atom. The smallest absolute Gasteiger partial charge is 0.0417 e. The van der Waals surface area contributed by atoms with E-state index in [0.29, 0.717) is 0 Å². The summed E-state index contributed by atoms with van der Waals surface area (Å²) in [5, 5.41) is 0. The van der Waals surface area contributed by atoms with Gasteiger partial charge in [-0.25, -0.2) is 0 Å². The van der Waals surface area contributed by atoms with Gasteiger partial charge in [0.15, 0.2) is 0 Å². The van der Waals surface area contributed by atoms with E-state index in [-0.39, 0.29) is 7.43 Å². The van der Waals surface area contributed by atoms with Crippen LogP contribution in [0.2, 0.25) is 0 Å². The molecule has 1 saturated carbocycles. The van der Waals surface area contributed by atoms with Gasteiger partial charge in [0.05, 0.1) is 0 Å². The first-order chi connectivity index (χ1) is 3.80. The van der Waals surface area contributed by atoms with Crippen LogP contribution in [-0.4, -0.2) is 0 Å². The summed E-state index contributed by atoms with van der Waals surface area (Å²) in [6.45, 7) is 4.76. The molecule has 0 radical (unpaired) electrons. The third-order valence-electron chi connectivity index (χ3n) is 2.54. The van der Waals surface area contributed by atoms with Crippen LogP contribution in [0.25, 0.3) is 0 Å². The van der Waals surface area contributed by atoms with Gasteiger partial charge in [0.25, 0.3) is 0 Å². The highest BCUT2D eigenvalue weighted by Crippen LogP contribution is 2.28. The van der Waals surface area contributed by atoms with Gasteiger partial charge in [0.2, 0.25) is 0 Å². The first-order valence-corrected chi connectivity index (χ1v) is 3.80. The maximum absolute atomic E-state index is 2.38. The maximum atomic E-state index is 2.38. The van der Waals surface area contributed by atoms with E-state index in [1.54, 1.807) is 0 Å². The van der Waals surface area contributed by atoms with Crippen LogP contribution in [0.3, 0.4) is 0 Å². The lowest BCUT2D eigenvalue weighted by atomic mass is 9.82. The fourth-order valence-electron chi connectivity index (χ4n) is 1.50. The molecule has 2 atom stereocenters. The Labute approximate surface area is 59.7 Å². The van der Waals surface area contributed by atoms with Crippen LogP contribution in [0.15, 0.2) is 0 Å². The predicted molar refractivity (Wildman–Crippen MR) is 43.5 cm³/mol. The SMILES string of the molecule is C.C[C@@H]1CCCC[C@H]1C. The molecule has 0 amide bonds. The van der Waals surface area contributed by atoms with Gasteiger partial charge in [-0.3, -0.25) is 0 Å². The van der Waals surface area contributed by atoms with Crippen LogP contribution in [0.4, 0.5) is 0 Å². The number of rotatable bonds is 0. The van der Waals surface area contributed by atoms with Gasteiger partial charge < -0.3 is 0 Å². The molecule has 1 aliphatic carbocycles. The molecule has 0 bridgehead atoms. The Morgan fingerprint density at radius 1 is 0.889 bits per heavy atom. The molecule has 0 N–H and O–H groups in total. The van der Waals surface area contributed by atoms with E-state index in [1.165, 1.54) is 25.7 Å². The summed E-state index contributed by atoms with van der Waals surface area (Å²) in [4.78, 5) is 0. The minimum Gasteiger partial charge on any atom is -0.0776 e. The zero-order chi connectivity index (χ0) is 5.98. The zero-order valence-corrected chi connectivity index (χ0v) is 5.98. The van der Waals surface area contributed by atoms with Crippen molar-refractivity contribution in [3.63, 3.8) is 0 Å². The zero-order valence-electron chi connectivity index (χ0n) is 5.98. The molecule has 9 heavy (non-hydrogen) atoms. The molecule has 0 heteroatoms. The van der Waals surface area contributed by atoms with Crippen LogP contribution in [0.1, 0.15) is 47.0 Å². The minimum atomic E-state index is 0. The van der Waals surface area contributed by atoms with Gasteiger partial charge >= 0.3 is 0 Å². The van der Waals surface area contributed by atoms with Crippen molar-refractivity contribution in [2.24, 2.45) is 11.8 Å². The van der Waals surface area contributed by atoms with Crippen LogP contribution < -0.4 is 0 Å². The molecule has 0 nitrogen and oxygen atoms in total. The molecule has 0 aromatic heterocycles. The van der Waals surface area contributed by atoms with Gasteiger partial charge in [-0.05, 0) is 11.8 Å². The molecule has 1 fully saturated rings. The monoisotopic (exact) mass is 128 g/mol. The average Bonchev–Trinajstić information content (AvgIpc) is 1.77. The van der Waals surface area contributed by atoms with Crippen molar-refractivity contribution >= 4 is 0 Å². The summed E-state index contributed by atoms with van der Waals surface area (Å²) in [5.74, 6) is 2.01. The minimum absolute atomic E-state index is 0. The molecular formula is C9H20. The van der Waals surface area contributed by atoms with Crippen LogP contribution in [0, 0.1) is 11.8 Å². The van der Waals surface area contributed by atoms with Gasteiger partial charge in [-0.1, -0.05) is 47.0 Å². The lowest BCUT2D eigenvalue weighted by Gasteiger charge is -2.24. The Hall–Kier alpha value is 0. The summed E-state index contributed by atoms with van der Waals surface area (Å²) < 4.78 is 0. The fraction of sp³-hybridized carbons (Fsp3) is 1.00. The highest BCUT2D eigenvalue weighted by molar-refractivity contribution is 4.67. The van der Waals surface area contributed by atoms with Gasteiger partial charge in [-0.2, -0.15) is 0 Å². The van der Waals surface area contributed by atoms with E-state index in [0.717, 1.165) is 11.8 Å². The first-order valence-electron chi connectivity index (χ1n) is 3.80. The first kappa shape index (κ1) is 9.00. The standard InChI is InChI=1S/C8H16.CH4/c1-7-5-3-4-6-8(7)2;/h7-8H,3-6H2,1-2H3;1H4/t7-,8-;/m1./s1. The summed E-state index contributed by atoms with van der Waals surface area (Å²) >= 11 is 0. The highest BCUT2D eigenvalue weighted by Gasteiger charge is 2.15. The molecule has 0 spiro atoms. The molecule has 0 unspecified atom stereocenters. The lowest BCUT2D eigenvalue weighted by molar-refractivity contribution is 0.277. The second-order valence-corrected chi connectivity index (χ2v) is 3.24. The summed E-state index contributed by atoms with van der Waals surface area (Å²) in [5.41, 5.74) is 0. The topological polar surface area (TPSA) is 0 Å². The second-order valence-electron chi connectivity index (χ2n) is 3.24. The predicted octanol–water partition coefficient (Wildman–Crippen LogP) is 3.47. The Morgan fingerprint density at radius 2 is 1.22 bits per heavy atom. The van der Waals surface area contributed by atoms with Crippen LogP contribution in [0.5, 0.6) is 0 Å². The molecule has 0 saturated heterocycles. The maximum Gasteiger partial charge on any atom is -0.0417 e. The third kappa shape index (κ3) is 2.38. The summed E-state index contributed by atoms with van der Waals surface area (Å²) in [6.07, 6.45) is 5.90. The Balaban J connectivity index is 0.000000640. The van der Waals surface area contributed by atoms with Gasteiger partial charge in [-0.15, -0.1) is 0 Å². The van der Waals surface area contributed by atoms with E-state index in [4.69, 9.17) is 0 Å². The molecule has 56 valence electrons. The van der Waals surface area contributed by atoms with Crippen molar-refractivity contribution in [3.8, 4) is 0 Å². The summed E-state index contributed by atoms with van der Waals surface area (Å²) in [6, 6.07) is 0. The third-order valence-corrected chi connectivity index (χ3v) is 2.54. The highest BCUT2D eigenvalue weighted by atomic mass is 14.2. The number of hydrogen-bond donors (Lipinski definition) is 0. The molecular weight excluding hydrogens is 108 g/mol. The normalized spacial score (nSPS) is 35.3. The van der Waals surface area contributed by atoms with E-state index in [2.05, 4.69) is 13.8 Å². The van der Waals surface area contributed by atoms with Crippen molar-refractivity contribution in [1.82, 2.24) is 0 Å². The molecule has 0 heterocycles. The van der Waals surface area contributed by atoms with E-state index in [9.17, 15) is 0 Å². The Bertz CT molecular complexity index is 56.4. The van der Waals surface area contributed by atoms with Crippen LogP contribution >= 0.6 is 0 Å². The molecule has 1 aliphatic rings. The van der Waals surface area contributed by atoms with Gasteiger partial charge in [0.1, 0.15) is 0 Å². The van der Waals surface area contributed by atoms with Crippen LogP contribution in [-0.2, 0) is 0 Å². The quantitative estimate of drug-likeness (QED) is 0.468. The van der Waals surface area contributed by atoms with Gasteiger partial charge in [0, 0.05) is 0 Å². The molecule has 0 aromatic carbocycles. The second kappa shape index (κ2) is 3.92. The van der Waals surface area contributed by atoms with E-state index in [1.807, 2.05) is 0 Å². The molecule has 1 rings (SSSR count). The van der Waals surface area contributed by atoms with E-state index < -0.39 is 0 Å². The van der Waals surface area contributed by atoms with Crippen molar-refractivity contribution in [3.05, 3.63) is 0 Å². The van der Waals surface area contributed by atoms with Crippen molar-refractivity contribution in [1.29, 1.82) is 0 Å². The molecule has 0 aromatic rings. The summed E-state index contributed by atoms with van der Waals surface area (Å²) in [7, 11) is 0. The lowest BCUT2D eigenvalue weighted by Crippen LogP contribution is -2.12. The Kier molecular flexibility index (Phi) is 3.92. The van der Waals surface area contributed by atoms with E-state index >= 15 is 0 Å². The number of hydrogen-bond acceptors (Lipinski definition) is 0.